The van der Waals surface area contributed by atoms with Gasteiger partial charge in [-0.3, -0.25) is 4.79 Å². The van der Waals surface area contributed by atoms with Gasteiger partial charge in [0.15, 0.2) is 0 Å². The maximum absolute atomic E-state index is 12.1. The highest BCUT2D eigenvalue weighted by Crippen LogP contribution is 2.39. The van der Waals surface area contributed by atoms with Crippen LogP contribution in [0.1, 0.15) is 52.9 Å². The monoisotopic (exact) mass is 267 g/mol. The topological polar surface area (TPSA) is 40.5 Å². The number of carbonyl (C=O) groups is 1. The molecular formula is C16H29NO2. The Balaban J connectivity index is 1.92. The van der Waals surface area contributed by atoms with Crippen molar-refractivity contribution in [3.63, 3.8) is 0 Å². The van der Waals surface area contributed by atoms with Crippen molar-refractivity contribution < 1.29 is 9.90 Å². The lowest BCUT2D eigenvalue weighted by Gasteiger charge is -2.39. The molecule has 0 aromatic heterocycles. The first-order chi connectivity index (χ1) is 8.86. The van der Waals surface area contributed by atoms with Gasteiger partial charge in [0.2, 0.25) is 0 Å². The van der Waals surface area contributed by atoms with Crippen LogP contribution in [0.15, 0.2) is 0 Å². The van der Waals surface area contributed by atoms with Crippen molar-refractivity contribution >= 4 is 5.78 Å². The third kappa shape index (κ3) is 4.03. The third-order valence-electron chi connectivity index (χ3n) is 4.95. The predicted octanol–water partition coefficient (Wildman–Crippen LogP) is 2.47. The Hall–Kier alpha value is -0.410. The summed E-state index contributed by atoms with van der Waals surface area (Å²) in [6.07, 6.45) is 4.63. The van der Waals surface area contributed by atoms with Crippen LogP contribution in [0.2, 0.25) is 0 Å². The number of likely N-dealkylation sites (tertiary alicyclic amines) is 1. The summed E-state index contributed by atoms with van der Waals surface area (Å²) in [5.74, 6) is 1.30. The molecule has 1 saturated carbocycles. The van der Waals surface area contributed by atoms with E-state index in [-0.39, 0.29) is 12.0 Å². The molecule has 1 heterocycles. The zero-order valence-electron chi connectivity index (χ0n) is 12.7. The number of carbonyl (C=O) groups excluding carboxylic acids is 1. The second kappa shape index (κ2) is 5.92. The fraction of sp³-hybridized carbons (Fsp3) is 0.938. The summed E-state index contributed by atoms with van der Waals surface area (Å²) >= 11 is 0. The van der Waals surface area contributed by atoms with Crippen molar-refractivity contribution in [1.29, 1.82) is 0 Å². The molecule has 1 N–H and O–H groups in total. The first-order valence-corrected chi connectivity index (χ1v) is 7.79. The fourth-order valence-electron chi connectivity index (χ4n) is 3.58. The fourth-order valence-corrected chi connectivity index (χ4v) is 3.58. The number of β-amino-alcohol motifs (C(OH)–C–C–N with tert-alkyl or cyclic N) is 1. The molecule has 110 valence electrons. The Kier molecular flexibility index (Phi) is 4.67. The molecule has 2 rings (SSSR count). The van der Waals surface area contributed by atoms with Crippen LogP contribution in [0, 0.1) is 17.3 Å². The summed E-state index contributed by atoms with van der Waals surface area (Å²) < 4.78 is 0. The molecule has 1 aliphatic carbocycles. The Morgan fingerprint density at radius 3 is 2.68 bits per heavy atom. The molecular weight excluding hydrogens is 238 g/mol. The van der Waals surface area contributed by atoms with E-state index in [9.17, 15) is 9.90 Å². The minimum atomic E-state index is -0.189. The van der Waals surface area contributed by atoms with E-state index < -0.39 is 0 Å². The van der Waals surface area contributed by atoms with E-state index in [4.69, 9.17) is 0 Å². The van der Waals surface area contributed by atoms with Crippen molar-refractivity contribution in [2.45, 2.75) is 59.0 Å². The Morgan fingerprint density at radius 1 is 1.32 bits per heavy atom. The Labute approximate surface area is 117 Å². The minimum Gasteiger partial charge on any atom is -0.392 e. The molecule has 1 saturated heterocycles. The number of aliphatic hydroxyl groups is 1. The number of Topliss-reactive ketones (excluding diaryl/α,β-unsaturated/α-hetero) is 1. The van der Waals surface area contributed by atoms with Crippen molar-refractivity contribution in [2.24, 2.45) is 17.3 Å². The lowest BCUT2D eigenvalue weighted by Crippen LogP contribution is -2.44. The summed E-state index contributed by atoms with van der Waals surface area (Å²) in [4.78, 5) is 14.4. The number of ketones is 1. The van der Waals surface area contributed by atoms with Crippen LogP contribution >= 0.6 is 0 Å². The van der Waals surface area contributed by atoms with Crippen LogP contribution in [0.25, 0.3) is 0 Å². The van der Waals surface area contributed by atoms with Crippen LogP contribution in [0.3, 0.4) is 0 Å². The van der Waals surface area contributed by atoms with Gasteiger partial charge in [0.25, 0.3) is 0 Å². The molecule has 0 bridgehead atoms. The normalized spacial score (nSPS) is 34.5. The van der Waals surface area contributed by atoms with E-state index in [1.165, 1.54) is 0 Å². The standard InChI is InChI=1S/C16H29NO2/c1-16(2,3)13-6-7-15(19)12(9-13)10-17-8-4-5-14(18)11-17/h12-14,18H,4-11H2,1-3H3. The Morgan fingerprint density at radius 2 is 2.05 bits per heavy atom. The highest BCUT2D eigenvalue weighted by atomic mass is 16.3. The van der Waals surface area contributed by atoms with Gasteiger partial charge in [-0.15, -0.1) is 0 Å². The molecule has 0 amide bonds. The van der Waals surface area contributed by atoms with Gasteiger partial charge in [0.05, 0.1) is 6.10 Å². The summed E-state index contributed by atoms with van der Waals surface area (Å²) in [7, 11) is 0. The van der Waals surface area contributed by atoms with E-state index in [0.29, 0.717) is 17.1 Å². The minimum absolute atomic E-state index is 0.189. The molecule has 3 atom stereocenters. The quantitative estimate of drug-likeness (QED) is 0.835. The lowest BCUT2D eigenvalue weighted by atomic mass is 9.68. The third-order valence-corrected chi connectivity index (χ3v) is 4.95. The van der Waals surface area contributed by atoms with Crippen LogP contribution in [0.4, 0.5) is 0 Å². The van der Waals surface area contributed by atoms with Gasteiger partial charge in [-0.2, -0.15) is 0 Å². The predicted molar refractivity (Wildman–Crippen MR) is 77.0 cm³/mol. The largest absolute Gasteiger partial charge is 0.392 e. The first kappa shape index (κ1) is 15.0. The molecule has 3 unspecified atom stereocenters. The summed E-state index contributed by atoms with van der Waals surface area (Å²) in [5.41, 5.74) is 0.306. The van der Waals surface area contributed by atoms with Gasteiger partial charge in [-0.05, 0) is 43.6 Å². The molecule has 2 fully saturated rings. The molecule has 3 nitrogen and oxygen atoms in total. The average Bonchev–Trinajstić information content (AvgIpc) is 2.30. The van der Waals surface area contributed by atoms with E-state index in [0.717, 1.165) is 51.7 Å². The Bertz CT molecular complexity index is 321. The van der Waals surface area contributed by atoms with Gasteiger partial charge < -0.3 is 10.0 Å². The zero-order chi connectivity index (χ0) is 14.0. The number of rotatable bonds is 2. The van der Waals surface area contributed by atoms with Crippen molar-refractivity contribution in [3.8, 4) is 0 Å². The molecule has 0 radical (unpaired) electrons. The average molecular weight is 267 g/mol. The summed E-state index contributed by atoms with van der Waals surface area (Å²) in [6, 6.07) is 0. The molecule has 0 aromatic rings. The highest BCUT2D eigenvalue weighted by Gasteiger charge is 2.36. The number of hydrogen-bond acceptors (Lipinski definition) is 3. The summed E-state index contributed by atoms with van der Waals surface area (Å²) in [5, 5.41) is 9.73. The van der Waals surface area contributed by atoms with E-state index in [1.54, 1.807) is 0 Å². The molecule has 3 heteroatoms. The van der Waals surface area contributed by atoms with Crippen LogP contribution in [0.5, 0.6) is 0 Å². The van der Waals surface area contributed by atoms with Gasteiger partial charge in [0.1, 0.15) is 5.78 Å². The van der Waals surface area contributed by atoms with Crippen molar-refractivity contribution in [3.05, 3.63) is 0 Å². The number of piperidine rings is 1. The molecule has 19 heavy (non-hydrogen) atoms. The van der Waals surface area contributed by atoms with E-state index >= 15 is 0 Å². The maximum Gasteiger partial charge on any atom is 0.137 e. The van der Waals surface area contributed by atoms with Gasteiger partial charge in [-0.1, -0.05) is 20.8 Å². The SMILES string of the molecule is CC(C)(C)C1CCC(=O)C(CN2CCCC(O)C2)C1. The van der Waals surface area contributed by atoms with Crippen molar-refractivity contribution in [1.82, 2.24) is 4.90 Å². The second-order valence-electron chi connectivity index (χ2n) is 7.56. The van der Waals surface area contributed by atoms with Crippen LogP contribution in [-0.2, 0) is 4.79 Å². The number of hydrogen-bond donors (Lipinski definition) is 1. The van der Waals surface area contributed by atoms with Gasteiger partial charge >= 0.3 is 0 Å². The van der Waals surface area contributed by atoms with Gasteiger partial charge in [0, 0.05) is 25.4 Å². The molecule has 0 aromatic carbocycles. The highest BCUT2D eigenvalue weighted by molar-refractivity contribution is 5.82. The van der Waals surface area contributed by atoms with Gasteiger partial charge in [-0.25, -0.2) is 0 Å². The van der Waals surface area contributed by atoms with E-state index in [2.05, 4.69) is 25.7 Å². The van der Waals surface area contributed by atoms with Crippen LogP contribution in [-0.4, -0.2) is 41.5 Å². The molecule has 1 aliphatic heterocycles. The summed E-state index contributed by atoms with van der Waals surface area (Å²) in [6.45, 7) is 9.52. The van der Waals surface area contributed by atoms with E-state index in [1.807, 2.05) is 0 Å². The maximum atomic E-state index is 12.1. The zero-order valence-corrected chi connectivity index (χ0v) is 12.7. The van der Waals surface area contributed by atoms with Crippen LogP contribution < -0.4 is 0 Å². The second-order valence-corrected chi connectivity index (χ2v) is 7.56. The molecule has 2 aliphatic rings. The number of aliphatic hydroxyl groups excluding tert-OH is 1. The first-order valence-electron chi connectivity index (χ1n) is 7.79. The smallest absolute Gasteiger partial charge is 0.137 e. The lowest BCUT2D eigenvalue weighted by molar-refractivity contribution is -0.127. The number of nitrogens with zero attached hydrogens (tertiary/aromatic N) is 1. The van der Waals surface area contributed by atoms with Crippen molar-refractivity contribution in [2.75, 3.05) is 19.6 Å². The molecule has 0 spiro atoms.